The molecule has 1 heterocycles. The summed E-state index contributed by atoms with van der Waals surface area (Å²) in [6.07, 6.45) is -3.80. The predicted molar refractivity (Wildman–Crippen MR) is 68.1 cm³/mol. The highest BCUT2D eigenvalue weighted by Gasteiger charge is 2.31. The number of aliphatic hydroxyl groups is 1. The molecule has 6 heteroatoms. The highest BCUT2D eigenvalue weighted by atomic mass is 19.4. The van der Waals surface area contributed by atoms with Crippen molar-refractivity contribution >= 4 is 0 Å². The van der Waals surface area contributed by atoms with Crippen LogP contribution in [0.5, 0.6) is 0 Å². The van der Waals surface area contributed by atoms with E-state index in [2.05, 4.69) is 5.10 Å². The molecule has 0 saturated carbocycles. The number of benzene rings is 1. The van der Waals surface area contributed by atoms with Crippen LogP contribution >= 0.6 is 0 Å². The van der Waals surface area contributed by atoms with Crippen molar-refractivity contribution in [1.82, 2.24) is 9.78 Å². The normalized spacial score (nSPS) is 13.5. The van der Waals surface area contributed by atoms with Gasteiger partial charge in [0.25, 0.3) is 0 Å². The van der Waals surface area contributed by atoms with Gasteiger partial charge in [-0.2, -0.15) is 18.3 Å². The van der Waals surface area contributed by atoms with Crippen molar-refractivity contribution in [3.63, 3.8) is 0 Å². The molecule has 108 valence electrons. The molecule has 0 saturated heterocycles. The van der Waals surface area contributed by atoms with E-state index in [-0.39, 0.29) is 0 Å². The molecule has 2 aromatic rings. The Hall–Kier alpha value is -1.82. The van der Waals surface area contributed by atoms with Gasteiger partial charge in [0, 0.05) is 12.7 Å². The molecule has 0 aliphatic heterocycles. The third-order valence-corrected chi connectivity index (χ3v) is 3.22. The van der Waals surface area contributed by atoms with E-state index in [1.807, 2.05) is 6.92 Å². The maximum atomic E-state index is 12.6. The van der Waals surface area contributed by atoms with Crippen LogP contribution in [0.3, 0.4) is 0 Å². The molecule has 1 aromatic carbocycles. The fraction of sp³-hybridized carbons (Fsp3) is 0.357. The molecule has 0 bridgehead atoms. The first-order valence-electron chi connectivity index (χ1n) is 6.22. The van der Waals surface area contributed by atoms with E-state index in [1.54, 1.807) is 23.9 Å². The second-order valence-corrected chi connectivity index (χ2v) is 4.54. The minimum atomic E-state index is -4.38. The first kappa shape index (κ1) is 14.6. The average Bonchev–Trinajstić information content (AvgIpc) is 2.85. The van der Waals surface area contributed by atoms with E-state index in [9.17, 15) is 18.3 Å². The zero-order chi connectivity index (χ0) is 14.9. The number of alkyl halides is 3. The standard InChI is InChI=1S/C14H15F3N2O/c1-3-19-12(6-7-18-19)13(20)11-5-4-10(8-9(11)2)14(15,16)17/h4-8,13,20H,3H2,1-2H3. The first-order valence-corrected chi connectivity index (χ1v) is 6.22. The lowest BCUT2D eigenvalue weighted by atomic mass is 9.98. The summed E-state index contributed by atoms with van der Waals surface area (Å²) >= 11 is 0. The summed E-state index contributed by atoms with van der Waals surface area (Å²) in [5, 5.41) is 14.4. The zero-order valence-corrected chi connectivity index (χ0v) is 11.1. The Morgan fingerprint density at radius 3 is 2.55 bits per heavy atom. The summed E-state index contributed by atoms with van der Waals surface area (Å²) in [7, 11) is 0. The summed E-state index contributed by atoms with van der Waals surface area (Å²) in [6, 6.07) is 5.00. The number of hydrogen-bond donors (Lipinski definition) is 1. The highest BCUT2D eigenvalue weighted by Crippen LogP contribution is 2.32. The molecule has 0 aliphatic carbocycles. The van der Waals surface area contributed by atoms with Gasteiger partial charge in [-0.3, -0.25) is 4.68 Å². The maximum Gasteiger partial charge on any atom is 0.416 e. The van der Waals surface area contributed by atoms with Crippen LogP contribution in [-0.4, -0.2) is 14.9 Å². The van der Waals surface area contributed by atoms with Gasteiger partial charge in [0.15, 0.2) is 0 Å². The highest BCUT2D eigenvalue weighted by molar-refractivity contribution is 5.37. The molecular formula is C14H15F3N2O. The fourth-order valence-corrected chi connectivity index (χ4v) is 2.16. The van der Waals surface area contributed by atoms with Crippen molar-refractivity contribution in [3.8, 4) is 0 Å². The largest absolute Gasteiger partial charge is 0.416 e. The van der Waals surface area contributed by atoms with Crippen LogP contribution < -0.4 is 0 Å². The SMILES string of the molecule is CCn1nccc1C(O)c1ccc(C(F)(F)F)cc1C. The van der Waals surface area contributed by atoms with E-state index >= 15 is 0 Å². The van der Waals surface area contributed by atoms with Crippen molar-refractivity contribution in [2.45, 2.75) is 32.7 Å². The van der Waals surface area contributed by atoms with Gasteiger partial charge in [-0.15, -0.1) is 0 Å². The third-order valence-electron chi connectivity index (χ3n) is 3.22. The summed E-state index contributed by atoms with van der Waals surface area (Å²) in [5.74, 6) is 0. The first-order chi connectivity index (χ1) is 9.34. The summed E-state index contributed by atoms with van der Waals surface area (Å²) in [5.41, 5.74) is 0.703. The number of aliphatic hydroxyl groups excluding tert-OH is 1. The Labute approximate surface area is 114 Å². The Morgan fingerprint density at radius 1 is 1.30 bits per heavy atom. The van der Waals surface area contributed by atoms with Crippen LogP contribution in [0.4, 0.5) is 13.2 Å². The van der Waals surface area contributed by atoms with E-state index in [0.29, 0.717) is 23.4 Å². The van der Waals surface area contributed by atoms with Gasteiger partial charge < -0.3 is 5.11 Å². The van der Waals surface area contributed by atoms with Gasteiger partial charge in [0.05, 0.1) is 11.3 Å². The molecule has 1 aromatic heterocycles. The Balaban J connectivity index is 2.39. The van der Waals surface area contributed by atoms with Crippen LogP contribution in [-0.2, 0) is 12.7 Å². The van der Waals surface area contributed by atoms with Crippen molar-refractivity contribution in [1.29, 1.82) is 0 Å². The van der Waals surface area contributed by atoms with E-state index in [0.717, 1.165) is 12.1 Å². The minimum absolute atomic E-state index is 0.399. The minimum Gasteiger partial charge on any atom is -0.382 e. The van der Waals surface area contributed by atoms with Gasteiger partial charge in [-0.25, -0.2) is 0 Å². The number of hydrogen-bond acceptors (Lipinski definition) is 2. The van der Waals surface area contributed by atoms with Crippen molar-refractivity contribution in [3.05, 3.63) is 52.8 Å². The van der Waals surface area contributed by atoms with E-state index < -0.39 is 17.8 Å². The van der Waals surface area contributed by atoms with E-state index in [4.69, 9.17) is 0 Å². The fourth-order valence-electron chi connectivity index (χ4n) is 2.16. The molecule has 3 nitrogen and oxygen atoms in total. The molecule has 20 heavy (non-hydrogen) atoms. The summed E-state index contributed by atoms with van der Waals surface area (Å²) < 4.78 is 39.5. The van der Waals surface area contributed by atoms with Gasteiger partial charge in [-0.05, 0) is 43.2 Å². The molecular weight excluding hydrogens is 269 g/mol. The maximum absolute atomic E-state index is 12.6. The van der Waals surface area contributed by atoms with Crippen LogP contribution in [0, 0.1) is 6.92 Å². The second kappa shape index (κ2) is 5.28. The molecule has 0 fully saturated rings. The molecule has 2 rings (SSSR count). The number of aryl methyl sites for hydroxylation is 2. The lowest BCUT2D eigenvalue weighted by Crippen LogP contribution is -2.11. The van der Waals surface area contributed by atoms with Crippen LogP contribution in [0.2, 0.25) is 0 Å². The molecule has 0 spiro atoms. The van der Waals surface area contributed by atoms with E-state index in [1.165, 1.54) is 6.07 Å². The lowest BCUT2D eigenvalue weighted by molar-refractivity contribution is -0.137. The molecule has 1 atom stereocenters. The van der Waals surface area contributed by atoms with Gasteiger partial charge >= 0.3 is 6.18 Å². The zero-order valence-electron chi connectivity index (χ0n) is 11.1. The molecule has 0 amide bonds. The number of aromatic nitrogens is 2. The van der Waals surface area contributed by atoms with Crippen molar-refractivity contribution < 1.29 is 18.3 Å². The summed E-state index contributed by atoms with van der Waals surface area (Å²) in [6.45, 7) is 4.02. The third kappa shape index (κ3) is 2.70. The molecule has 1 N–H and O–H groups in total. The van der Waals surface area contributed by atoms with Crippen LogP contribution in [0.1, 0.15) is 35.4 Å². The Kier molecular flexibility index (Phi) is 3.85. The van der Waals surface area contributed by atoms with Crippen molar-refractivity contribution in [2.24, 2.45) is 0 Å². The second-order valence-electron chi connectivity index (χ2n) is 4.54. The molecule has 0 radical (unpaired) electrons. The monoisotopic (exact) mass is 284 g/mol. The average molecular weight is 284 g/mol. The Morgan fingerprint density at radius 2 is 2.00 bits per heavy atom. The topological polar surface area (TPSA) is 38.0 Å². The smallest absolute Gasteiger partial charge is 0.382 e. The Bertz CT molecular complexity index is 605. The summed E-state index contributed by atoms with van der Waals surface area (Å²) in [4.78, 5) is 0. The number of rotatable bonds is 3. The predicted octanol–water partition coefficient (Wildman–Crippen LogP) is 3.31. The van der Waals surface area contributed by atoms with Gasteiger partial charge in [0.2, 0.25) is 0 Å². The molecule has 1 unspecified atom stereocenters. The number of halogens is 3. The lowest BCUT2D eigenvalue weighted by Gasteiger charge is -2.17. The van der Waals surface area contributed by atoms with Crippen LogP contribution in [0.25, 0.3) is 0 Å². The van der Waals surface area contributed by atoms with Gasteiger partial charge in [-0.1, -0.05) is 6.07 Å². The quantitative estimate of drug-likeness (QED) is 0.939. The van der Waals surface area contributed by atoms with Crippen LogP contribution in [0.15, 0.2) is 30.5 Å². The number of nitrogens with zero attached hydrogens (tertiary/aromatic N) is 2. The molecule has 0 aliphatic rings. The van der Waals surface area contributed by atoms with Gasteiger partial charge in [0.1, 0.15) is 6.10 Å². The van der Waals surface area contributed by atoms with Crippen molar-refractivity contribution in [2.75, 3.05) is 0 Å².